The Hall–Kier alpha value is -3.19. The summed E-state index contributed by atoms with van der Waals surface area (Å²) in [5, 5.41) is 13.1. The number of hydrazone groups is 1. The van der Waals surface area contributed by atoms with Crippen LogP contribution in [0.2, 0.25) is 0 Å². The molecule has 0 radical (unpaired) electrons. The summed E-state index contributed by atoms with van der Waals surface area (Å²) in [6.07, 6.45) is 0. The molecule has 6 nitrogen and oxygen atoms in total. The lowest BCUT2D eigenvalue weighted by atomic mass is 10.1. The van der Waals surface area contributed by atoms with E-state index < -0.39 is 0 Å². The van der Waals surface area contributed by atoms with Gasteiger partial charge in [0.05, 0.1) is 12.3 Å². The first-order valence-electron chi connectivity index (χ1n) is 9.00. The molecule has 2 aromatic carbocycles. The lowest BCUT2D eigenvalue weighted by Gasteiger charge is -2.07. The van der Waals surface area contributed by atoms with Crippen molar-refractivity contribution in [3.63, 3.8) is 0 Å². The van der Waals surface area contributed by atoms with E-state index in [0.717, 1.165) is 28.9 Å². The summed E-state index contributed by atoms with van der Waals surface area (Å²) in [6, 6.07) is 15.1. The number of carbonyl (C=O) groups excluding carboxylic acids is 2. The van der Waals surface area contributed by atoms with Crippen LogP contribution in [-0.2, 0) is 4.79 Å². The summed E-state index contributed by atoms with van der Waals surface area (Å²) < 4.78 is 1.17. The van der Waals surface area contributed by atoms with Crippen molar-refractivity contribution in [2.24, 2.45) is 5.10 Å². The third-order valence-corrected chi connectivity index (χ3v) is 5.12. The number of anilines is 1. The smallest absolute Gasteiger partial charge is 0.259 e. The Morgan fingerprint density at radius 2 is 1.82 bits per heavy atom. The van der Waals surface area contributed by atoms with E-state index >= 15 is 0 Å². The van der Waals surface area contributed by atoms with Gasteiger partial charge in [-0.15, -0.1) is 11.3 Å². The maximum absolute atomic E-state index is 12.1. The zero-order chi connectivity index (χ0) is 19.9. The number of fused-ring (bicyclic) bond motifs is 1. The zero-order valence-electron chi connectivity index (χ0n) is 15.8. The second-order valence-electron chi connectivity index (χ2n) is 6.17. The Labute approximate surface area is 167 Å². The van der Waals surface area contributed by atoms with Crippen LogP contribution in [-0.4, -0.2) is 30.6 Å². The SMILES string of the molecule is CCNc1ccc(C(=O)NCC(=O)NN=C(C)c2csc3ccccc23)cc1. The minimum absolute atomic E-state index is 0.144. The molecule has 0 aliphatic heterocycles. The summed E-state index contributed by atoms with van der Waals surface area (Å²) in [7, 11) is 0. The Bertz CT molecular complexity index is 1010. The Morgan fingerprint density at radius 1 is 1.07 bits per heavy atom. The minimum Gasteiger partial charge on any atom is -0.385 e. The molecule has 0 unspecified atom stereocenters. The van der Waals surface area contributed by atoms with Gasteiger partial charge in [-0.3, -0.25) is 9.59 Å². The maximum Gasteiger partial charge on any atom is 0.259 e. The van der Waals surface area contributed by atoms with Gasteiger partial charge in [-0.2, -0.15) is 5.10 Å². The molecule has 0 spiro atoms. The van der Waals surface area contributed by atoms with Gasteiger partial charge in [-0.1, -0.05) is 18.2 Å². The number of rotatable bonds is 7. The van der Waals surface area contributed by atoms with Crippen LogP contribution in [0, 0.1) is 0 Å². The minimum atomic E-state index is -0.378. The van der Waals surface area contributed by atoms with Crippen LogP contribution >= 0.6 is 11.3 Å². The predicted molar refractivity (Wildman–Crippen MR) is 115 cm³/mol. The van der Waals surface area contributed by atoms with E-state index in [1.54, 1.807) is 23.5 Å². The molecule has 2 amide bonds. The molecule has 0 fully saturated rings. The normalized spacial score (nSPS) is 11.3. The molecule has 1 aromatic heterocycles. The molecule has 1 heterocycles. The zero-order valence-corrected chi connectivity index (χ0v) is 16.6. The van der Waals surface area contributed by atoms with E-state index in [1.165, 1.54) is 4.70 Å². The summed E-state index contributed by atoms with van der Waals surface area (Å²) in [5.41, 5.74) is 5.65. The number of hydrogen-bond acceptors (Lipinski definition) is 5. The molecular weight excluding hydrogens is 372 g/mol. The van der Waals surface area contributed by atoms with E-state index in [2.05, 4.69) is 27.2 Å². The first-order chi connectivity index (χ1) is 13.6. The van der Waals surface area contributed by atoms with Gasteiger partial charge in [-0.25, -0.2) is 5.43 Å². The molecule has 144 valence electrons. The van der Waals surface area contributed by atoms with Crippen molar-refractivity contribution in [3.8, 4) is 0 Å². The lowest BCUT2D eigenvalue weighted by Crippen LogP contribution is -2.35. The summed E-state index contributed by atoms with van der Waals surface area (Å²) in [4.78, 5) is 24.2. The summed E-state index contributed by atoms with van der Waals surface area (Å²) in [5.74, 6) is -0.681. The highest BCUT2D eigenvalue weighted by atomic mass is 32.1. The largest absolute Gasteiger partial charge is 0.385 e. The van der Waals surface area contributed by atoms with Gasteiger partial charge in [0.15, 0.2) is 0 Å². The third kappa shape index (κ3) is 4.75. The molecule has 0 bridgehead atoms. The van der Waals surface area contributed by atoms with Crippen LogP contribution in [0.1, 0.15) is 29.8 Å². The van der Waals surface area contributed by atoms with Crippen molar-refractivity contribution < 1.29 is 9.59 Å². The highest BCUT2D eigenvalue weighted by Gasteiger charge is 2.09. The first-order valence-corrected chi connectivity index (χ1v) is 9.88. The van der Waals surface area contributed by atoms with E-state index in [1.807, 2.05) is 49.6 Å². The number of hydrogen-bond donors (Lipinski definition) is 3. The van der Waals surface area contributed by atoms with Crippen LogP contribution in [0.4, 0.5) is 5.69 Å². The molecule has 0 saturated heterocycles. The number of amides is 2. The topological polar surface area (TPSA) is 82.6 Å². The summed E-state index contributed by atoms with van der Waals surface area (Å²) in [6.45, 7) is 4.52. The Balaban J connectivity index is 1.53. The molecule has 0 atom stereocenters. The highest BCUT2D eigenvalue weighted by molar-refractivity contribution is 7.17. The van der Waals surface area contributed by atoms with Gasteiger partial charge < -0.3 is 10.6 Å². The van der Waals surface area contributed by atoms with Gasteiger partial charge in [0.1, 0.15) is 0 Å². The molecule has 3 rings (SSSR count). The van der Waals surface area contributed by atoms with Crippen molar-refractivity contribution in [1.29, 1.82) is 0 Å². The molecule has 3 aromatic rings. The molecule has 7 heteroatoms. The van der Waals surface area contributed by atoms with Crippen molar-refractivity contribution >= 4 is 44.6 Å². The quantitative estimate of drug-likeness (QED) is 0.423. The average molecular weight is 395 g/mol. The molecular formula is C21H22N4O2S. The monoisotopic (exact) mass is 394 g/mol. The van der Waals surface area contributed by atoms with Gasteiger partial charge in [0.25, 0.3) is 11.8 Å². The van der Waals surface area contributed by atoms with Gasteiger partial charge in [0, 0.05) is 38.8 Å². The second kappa shape index (κ2) is 9.14. The molecule has 0 saturated carbocycles. The van der Waals surface area contributed by atoms with Crippen molar-refractivity contribution in [2.45, 2.75) is 13.8 Å². The van der Waals surface area contributed by atoms with Crippen LogP contribution in [0.5, 0.6) is 0 Å². The van der Waals surface area contributed by atoms with Gasteiger partial charge in [-0.05, 0) is 44.2 Å². The molecule has 28 heavy (non-hydrogen) atoms. The number of carbonyl (C=O) groups is 2. The number of nitrogens with one attached hydrogen (secondary N) is 3. The number of thiophene rings is 1. The fourth-order valence-electron chi connectivity index (χ4n) is 2.71. The molecule has 0 aliphatic carbocycles. The second-order valence-corrected chi connectivity index (χ2v) is 7.08. The van der Waals surface area contributed by atoms with Gasteiger partial charge in [0.2, 0.25) is 0 Å². The predicted octanol–water partition coefficient (Wildman–Crippen LogP) is 3.60. The first kappa shape index (κ1) is 19.6. The summed E-state index contributed by atoms with van der Waals surface area (Å²) >= 11 is 1.64. The number of nitrogens with zero attached hydrogens (tertiary/aromatic N) is 1. The average Bonchev–Trinajstić information content (AvgIpc) is 3.15. The van der Waals surface area contributed by atoms with Crippen molar-refractivity contribution in [2.75, 3.05) is 18.4 Å². The Kier molecular flexibility index (Phi) is 6.39. The van der Waals surface area contributed by atoms with Crippen LogP contribution < -0.4 is 16.1 Å². The van der Waals surface area contributed by atoms with Crippen molar-refractivity contribution in [3.05, 3.63) is 65.0 Å². The van der Waals surface area contributed by atoms with Gasteiger partial charge >= 0.3 is 0 Å². The standard InChI is InChI=1S/C21H22N4O2S/c1-3-22-16-10-8-15(9-11-16)21(27)23-12-20(26)25-24-14(2)18-13-28-19-7-5-4-6-17(18)19/h4-11,13,22H,3,12H2,1-2H3,(H,23,27)(H,25,26). The highest BCUT2D eigenvalue weighted by Crippen LogP contribution is 2.25. The number of benzene rings is 2. The van der Waals surface area contributed by atoms with E-state index in [9.17, 15) is 9.59 Å². The fourth-order valence-corrected chi connectivity index (χ4v) is 3.71. The van der Waals surface area contributed by atoms with E-state index in [4.69, 9.17) is 0 Å². The van der Waals surface area contributed by atoms with Crippen LogP contribution in [0.3, 0.4) is 0 Å². The fraction of sp³-hybridized carbons (Fsp3) is 0.190. The Morgan fingerprint density at radius 3 is 2.57 bits per heavy atom. The lowest BCUT2D eigenvalue weighted by molar-refractivity contribution is -0.120. The third-order valence-electron chi connectivity index (χ3n) is 4.16. The molecule has 3 N–H and O–H groups in total. The maximum atomic E-state index is 12.1. The van der Waals surface area contributed by atoms with Crippen LogP contribution in [0.15, 0.2) is 59.0 Å². The molecule has 0 aliphatic rings. The van der Waals surface area contributed by atoms with Crippen molar-refractivity contribution in [1.82, 2.24) is 10.7 Å². The van der Waals surface area contributed by atoms with E-state index in [-0.39, 0.29) is 18.4 Å². The van der Waals surface area contributed by atoms with Crippen LogP contribution in [0.25, 0.3) is 10.1 Å². The van der Waals surface area contributed by atoms with E-state index in [0.29, 0.717) is 5.56 Å².